The first-order valence-electron chi connectivity index (χ1n) is 6.58. The van der Waals surface area contributed by atoms with Gasteiger partial charge in [-0.1, -0.05) is 51.7 Å². The van der Waals surface area contributed by atoms with Crippen molar-refractivity contribution >= 4 is 0 Å². The van der Waals surface area contributed by atoms with Crippen molar-refractivity contribution in [2.75, 3.05) is 0 Å². The summed E-state index contributed by atoms with van der Waals surface area (Å²) in [6, 6.07) is 0. The number of hydrogen-bond donors (Lipinski definition) is 0. The lowest BCUT2D eigenvalue weighted by Crippen LogP contribution is -2.05. The first-order chi connectivity index (χ1) is 7.25. The molecule has 0 radical (unpaired) electrons. The molecule has 0 amide bonds. The van der Waals surface area contributed by atoms with Gasteiger partial charge in [-0.3, -0.25) is 0 Å². The topological polar surface area (TPSA) is 0 Å². The molecule has 0 fully saturated rings. The summed E-state index contributed by atoms with van der Waals surface area (Å²) in [5.74, 6) is 0. The van der Waals surface area contributed by atoms with Crippen molar-refractivity contribution in [1.29, 1.82) is 0 Å². The molecule has 0 nitrogen and oxygen atoms in total. The highest BCUT2D eigenvalue weighted by atomic mass is 14.2. The van der Waals surface area contributed by atoms with Crippen LogP contribution in [0.4, 0.5) is 0 Å². The second-order valence-electron chi connectivity index (χ2n) is 5.86. The molecule has 0 saturated heterocycles. The van der Waals surface area contributed by atoms with Crippen LogP contribution in [0.15, 0.2) is 22.3 Å². The molecule has 0 aliphatic heterocycles. The van der Waals surface area contributed by atoms with E-state index in [4.69, 9.17) is 0 Å². The fraction of sp³-hybridized carbons (Fsp3) is 0.750. The van der Waals surface area contributed by atoms with Crippen LogP contribution in [0.3, 0.4) is 0 Å². The van der Waals surface area contributed by atoms with Gasteiger partial charge < -0.3 is 0 Å². The zero-order chi connectivity index (χ0) is 12.9. The van der Waals surface area contributed by atoms with Crippen LogP contribution in [0.5, 0.6) is 0 Å². The molecule has 0 heteroatoms. The van der Waals surface area contributed by atoms with E-state index in [0.29, 0.717) is 5.41 Å². The molecule has 94 valence electrons. The SMILES string of the molecule is CC1=C(C)C(C)=C(C)C1.CCC(C)(C)CC. The molecule has 0 N–H and O–H groups in total. The minimum atomic E-state index is 0.583. The Bertz CT molecular complexity index is 259. The van der Waals surface area contributed by atoms with Crippen LogP contribution >= 0.6 is 0 Å². The van der Waals surface area contributed by atoms with Gasteiger partial charge in [0, 0.05) is 0 Å². The van der Waals surface area contributed by atoms with Crippen LogP contribution in [-0.2, 0) is 0 Å². The van der Waals surface area contributed by atoms with Crippen molar-refractivity contribution in [3.63, 3.8) is 0 Å². The van der Waals surface area contributed by atoms with Crippen LogP contribution < -0.4 is 0 Å². The normalized spacial score (nSPS) is 16.5. The van der Waals surface area contributed by atoms with Gasteiger partial charge in [-0.2, -0.15) is 0 Å². The highest BCUT2D eigenvalue weighted by Gasteiger charge is 2.10. The van der Waals surface area contributed by atoms with E-state index in [1.54, 1.807) is 11.1 Å². The zero-order valence-corrected chi connectivity index (χ0v) is 12.6. The molecule has 0 heterocycles. The van der Waals surface area contributed by atoms with Crippen LogP contribution in [-0.4, -0.2) is 0 Å². The van der Waals surface area contributed by atoms with Gasteiger partial charge in [0.25, 0.3) is 0 Å². The average Bonchev–Trinajstić information content (AvgIpc) is 2.47. The van der Waals surface area contributed by atoms with Gasteiger partial charge in [-0.15, -0.1) is 0 Å². The van der Waals surface area contributed by atoms with Crippen molar-refractivity contribution in [3.8, 4) is 0 Å². The van der Waals surface area contributed by atoms with Gasteiger partial charge in [0.2, 0.25) is 0 Å². The largest absolute Gasteiger partial charge is 0.0661 e. The highest BCUT2D eigenvalue weighted by Crippen LogP contribution is 2.30. The Morgan fingerprint density at radius 3 is 1.19 bits per heavy atom. The Morgan fingerprint density at radius 2 is 1.12 bits per heavy atom. The Hall–Kier alpha value is -0.520. The van der Waals surface area contributed by atoms with E-state index in [2.05, 4.69) is 55.4 Å². The Kier molecular flexibility index (Phi) is 6.07. The minimum Gasteiger partial charge on any atom is -0.0661 e. The molecule has 0 unspecified atom stereocenters. The molecule has 1 aliphatic carbocycles. The monoisotopic (exact) mass is 222 g/mol. The third-order valence-corrected chi connectivity index (χ3v) is 4.29. The average molecular weight is 222 g/mol. The molecule has 0 aromatic carbocycles. The third-order valence-electron chi connectivity index (χ3n) is 4.29. The summed E-state index contributed by atoms with van der Waals surface area (Å²) < 4.78 is 0. The van der Waals surface area contributed by atoms with Crippen molar-refractivity contribution in [2.24, 2.45) is 5.41 Å². The van der Waals surface area contributed by atoms with Crippen molar-refractivity contribution in [2.45, 2.75) is 74.7 Å². The zero-order valence-electron chi connectivity index (χ0n) is 12.6. The molecule has 0 bridgehead atoms. The summed E-state index contributed by atoms with van der Waals surface area (Å²) in [5, 5.41) is 0. The Balaban J connectivity index is 0.000000293. The quantitative estimate of drug-likeness (QED) is 0.546. The lowest BCUT2D eigenvalue weighted by Gasteiger charge is -2.18. The fourth-order valence-electron chi connectivity index (χ4n) is 1.55. The Morgan fingerprint density at radius 1 is 0.812 bits per heavy atom. The molecule has 0 atom stereocenters. The van der Waals surface area contributed by atoms with E-state index < -0.39 is 0 Å². The molecule has 1 aliphatic rings. The summed E-state index contributed by atoms with van der Waals surface area (Å²) in [6.07, 6.45) is 3.80. The van der Waals surface area contributed by atoms with Crippen molar-refractivity contribution < 1.29 is 0 Å². The van der Waals surface area contributed by atoms with Gasteiger partial charge in [-0.25, -0.2) is 0 Å². The van der Waals surface area contributed by atoms with E-state index in [-0.39, 0.29) is 0 Å². The second kappa shape index (κ2) is 6.27. The number of rotatable bonds is 2. The summed E-state index contributed by atoms with van der Waals surface area (Å²) in [6.45, 7) is 17.9. The fourth-order valence-corrected chi connectivity index (χ4v) is 1.55. The number of allylic oxidation sites excluding steroid dienone is 4. The minimum absolute atomic E-state index is 0.583. The van der Waals surface area contributed by atoms with Gasteiger partial charge in [0.05, 0.1) is 0 Å². The van der Waals surface area contributed by atoms with E-state index in [1.807, 2.05) is 0 Å². The van der Waals surface area contributed by atoms with Crippen LogP contribution in [0, 0.1) is 5.41 Å². The summed E-state index contributed by atoms with van der Waals surface area (Å²) in [7, 11) is 0. The molecule has 16 heavy (non-hydrogen) atoms. The Labute approximate surface area is 103 Å². The molecule has 0 saturated carbocycles. The van der Waals surface area contributed by atoms with Gasteiger partial charge in [0.1, 0.15) is 0 Å². The highest BCUT2D eigenvalue weighted by molar-refractivity contribution is 5.43. The summed E-state index contributed by atoms with van der Waals surface area (Å²) in [5.41, 5.74) is 6.69. The predicted octanol–water partition coefficient (Wildman–Crippen LogP) is 5.90. The maximum absolute atomic E-state index is 2.30. The van der Waals surface area contributed by atoms with Crippen LogP contribution in [0.25, 0.3) is 0 Å². The van der Waals surface area contributed by atoms with E-state index >= 15 is 0 Å². The first-order valence-corrected chi connectivity index (χ1v) is 6.58. The first kappa shape index (κ1) is 15.5. The summed E-state index contributed by atoms with van der Waals surface area (Å²) >= 11 is 0. The molecule has 0 spiro atoms. The van der Waals surface area contributed by atoms with Crippen LogP contribution in [0.2, 0.25) is 0 Å². The van der Waals surface area contributed by atoms with E-state index in [9.17, 15) is 0 Å². The summed E-state index contributed by atoms with van der Waals surface area (Å²) in [4.78, 5) is 0. The van der Waals surface area contributed by atoms with E-state index in [1.165, 1.54) is 30.4 Å². The van der Waals surface area contributed by atoms with Gasteiger partial charge in [0.15, 0.2) is 0 Å². The molecular weight excluding hydrogens is 192 g/mol. The smallest absolute Gasteiger partial charge is 0.0102 e. The molecule has 0 aromatic heterocycles. The maximum atomic E-state index is 2.30. The third kappa shape index (κ3) is 4.55. The van der Waals surface area contributed by atoms with Crippen LogP contribution in [0.1, 0.15) is 74.7 Å². The van der Waals surface area contributed by atoms with E-state index in [0.717, 1.165) is 0 Å². The maximum Gasteiger partial charge on any atom is -0.0102 e. The molecule has 0 aromatic rings. The molecular formula is C16H30. The second-order valence-corrected chi connectivity index (χ2v) is 5.86. The number of hydrogen-bond acceptors (Lipinski definition) is 0. The van der Waals surface area contributed by atoms with Crippen molar-refractivity contribution in [3.05, 3.63) is 22.3 Å². The lowest BCUT2D eigenvalue weighted by atomic mass is 9.88. The lowest BCUT2D eigenvalue weighted by molar-refractivity contribution is 0.338. The van der Waals surface area contributed by atoms with Gasteiger partial charge in [-0.05, 0) is 50.7 Å². The van der Waals surface area contributed by atoms with Gasteiger partial charge >= 0.3 is 0 Å². The van der Waals surface area contributed by atoms with Crippen molar-refractivity contribution in [1.82, 2.24) is 0 Å². The predicted molar refractivity (Wildman–Crippen MR) is 75.7 cm³/mol. The molecule has 1 rings (SSSR count). The standard InChI is InChI=1S/C9H14.C7H16/c1-6-5-7(2)9(4)8(6)3;1-5-7(3,4)6-2/h5H2,1-4H3;5-6H2,1-4H3.